The first kappa shape index (κ1) is 16.9. The highest BCUT2D eigenvalue weighted by Crippen LogP contribution is 2.31. The molecule has 1 unspecified atom stereocenters. The number of nitrogens with zero attached hydrogens (tertiary/aromatic N) is 4. The Morgan fingerprint density at radius 1 is 1.15 bits per heavy atom. The van der Waals surface area contributed by atoms with Crippen LogP contribution in [-0.4, -0.2) is 50.0 Å². The van der Waals surface area contributed by atoms with Crippen molar-refractivity contribution < 1.29 is 19.8 Å². The van der Waals surface area contributed by atoms with Gasteiger partial charge in [0.25, 0.3) is 5.91 Å². The maximum absolute atomic E-state index is 12.3. The number of aliphatic hydroxyl groups is 1. The minimum atomic E-state index is -1.68. The van der Waals surface area contributed by atoms with E-state index in [2.05, 4.69) is 10.3 Å². The van der Waals surface area contributed by atoms with Crippen LogP contribution in [0, 0.1) is 0 Å². The fraction of sp³-hybridized carbons (Fsp3) is 0.158. The van der Waals surface area contributed by atoms with Gasteiger partial charge in [-0.1, -0.05) is 23.4 Å². The molecule has 136 valence electrons. The standard InChI is InChI=1S/C19H16N4O4/c1-22-16-6-5-12(8-14(16)17(25)18(26)19(22)27)15-10-23(21-20-15)9-11-3-2-4-13(24)7-11/h2-8,10,18,24,26H,9H2,1H3. The summed E-state index contributed by atoms with van der Waals surface area (Å²) in [6, 6.07) is 11.9. The van der Waals surface area contributed by atoms with Gasteiger partial charge < -0.3 is 15.1 Å². The van der Waals surface area contributed by atoms with E-state index in [0.29, 0.717) is 23.5 Å². The van der Waals surface area contributed by atoms with Crippen LogP contribution < -0.4 is 4.90 Å². The highest BCUT2D eigenvalue weighted by molar-refractivity contribution is 6.23. The topological polar surface area (TPSA) is 109 Å². The van der Waals surface area contributed by atoms with E-state index in [-0.39, 0.29) is 11.3 Å². The first-order chi connectivity index (χ1) is 12.9. The van der Waals surface area contributed by atoms with Gasteiger partial charge in [0.15, 0.2) is 6.10 Å². The summed E-state index contributed by atoms with van der Waals surface area (Å²) >= 11 is 0. The lowest BCUT2D eigenvalue weighted by Crippen LogP contribution is -2.46. The monoisotopic (exact) mass is 364 g/mol. The van der Waals surface area contributed by atoms with Gasteiger partial charge in [-0.05, 0) is 29.8 Å². The number of rotatable bonds is 3. The van der Waals surface area contributed by atoms with E-state index >= 15 is 0 Å². The molecule has 3 aromatic rings. The van der Waals surface area contributed by atoms with Gasteiger partial charge in [0, 0.05) is 18.2 Å². The third kappa shape index (κ3) is 2.96. The summed E-state index contributed by atoms with van der Waals surface area (Å²) in [5, 5.41) is 27.6. The quantitative estimate of drug-likeness (QED) is 0.677. The summed E-state index contributed by atoms with van der Waals surface area (Å²) in [5.41, 5.74) is 2.80. The minimum absolute atomic E-state index is 0.179. The highest BCUT2D eigenvalue weighted by atomic mass is 16.3. The lowest BCUT2D eigenvalue weighted by atomic mass is 9.95. The molecule has 1 atom stereocenters. The number of anilines is 1. The molecule has 0 aliphatic carbocycles. The number of carbonyl (C=O) groups excluding carboxylic acids is 2. The second-order valence-electron chi connectivity index (χ2n) is 6.37. The predicted molar refractivity (Wildman–Crippen MR) is 96.4 cm³/mol. The molecule has 2 heterocycles. The number of carbonyl (C=O) groups is 2. The van der Waals surface area contributed by atoms with Gasteiger partial charge >= 0.3 is 0 Å². The molecular weight excluding hydrogens is 348 g/mol. The number of fused-ring (bicyclic) bond motifs is 1. The van der Waals surface area contributed by atoms with Crippen LogP contribution in [0.15, 0.2) is 48.7 Å². The van der Waals surface area contributed by atoms with E-state index in [0.717, 1.165) is 5.56 Å². The molecule has 0 radical (unpaired) electrons. The van der Waals surface area contributed by atoms with Crippen LogP contribution in [0.1, 0.15) is 15.9 Å². The van der Waals surface area contributed by atoms with Crippen LogP contribution in [0.4, 0.5) is 5.69 Å². The van der Waals surface area contributed by atoms with Crippen molar-refractivity contribution in [3.63, 3.8) is 0 Å². The molecule has 27 heavy (non-hydrogen) atoms. The molecule has 1 amide bonds. The number of aromatic nitrogens is 3. The molecule has 1 aliphatic rings. The zero-order valence-corrected chi connectivity index (χ0v) is 14.4. The second kappa shape index (κ2) is 6.33. The number of Topliss-reactive ketones (excluding diaryl/α,β-unsaturated/α-hetero) is 1. The Kier molecular flexibility index (Phi) is 3.97. The van der Waals surface area contributed by atoms with E-state index in [4.69, 9.17) is 0 Å². The van der Waals surface area contributed by atoms with E-state index in [1.165, 1.54) is 11.9 Å². The Bertz CT molecular complexity index is 1060. The third-order valence-electron chi connectivity index (χ3n) is 4.53. The Morgan fingerprint density at radius 2 is 1.96 bits per heavy atom. The summed E-state index contributed by atoms with van der Waals surface area (Å²) in [7, 11) is 1.52. The number of hydrogen-bond acceptors (Lipinski definition) is 6. The van der Waals surface area contributed by atoms with Crippen molar-refractivity contribution in [1.82, 2.24) is 15.0 Å². The SMILES string of the molecule is CN1C(=O)C(O)C(=O)c2cc(-c3cn(Cc4cccc(O)c4)nn3)ccc21. The van der Waals surface area contributed by atoms with Crippen molar-refractivity contribution in [2.75, 3.05) is 11.9 Å². The molecular formula is C19H16N4O4. The highest BCUT2D eigenvalue weighted by Gasteiger charge is 2.36. The Balaban J connectivity index is 1.65. The van der Waals surface area contributed by atoms with E-state index < -0.39 is 17.8 Å². The fourth-order valence-corrected chi connectivity index (χ4v) is 3.10. The average molecular weight is 364 g/mol. The molecule has 0 bridgehead atoms. The Labute approximate surface area is 154 Å². The van der Waals surface area contributed by atoms with Crippen molar-refractivity contribution in [3.05, 3.63) is 59.8 Å². The van der Waals surface area contributed by atoms with Crippen molar-refractivity contribution >= 4 is 17.4 Å². The minimum Gasteiger partial charge on any atom is -0.508 e. The molecule has 0 saturated carbocycles. The van der Waals surface area contributed by atoms with Crippen LogP contribution in [0.2, 0.25) is 0 Å². The molecule has 1 aliphatic heterocycles. The summed E-state index contributed by atoms with van der Waals surface area (Å²) < 4.78 is 1.62. The smallest absolute Gasteiger partial charge is 0.263 e. The molecule has 1 aromatic heterocycles. The van der Waals surface area contributed by atoms with Gasteiger partial charge in [-0.25, -0.2) is 4.68 Å². The number of amides is 1. The average Bonchev–Trinajstić information content (AvgIpc) is 3.12. The van der Waals surface area contributed by atoms with Gasteiger partial charge in [-0.3, -0.25) is 9.59 Å². The zero-order valence-electron chi connectivity index (χ0n) is 14.4. The van der Waals surface area contributed by atoms with Crippen LogP contribution >= 0.6 is 0 Å². The summed E-state index contributed by atoms with van der Waals surface area (Å²) in [4.78, 5) is 25.4. The number of aliphatic hydroxyl groups excluding tert-OH is 1. The summed E-state index contributed by atoms with van der Waals surface area (Å²) in [6.45, 7) is 0.432. The first-order valence-corrected chi connectivity index (χ1v) is 8.26. The zero-order chi connectivity index (χ0) is 19.1. The molecule has 8 heteroatoms. The molecule has 2 aromatic carbocycles. The number of likely N-dealkylation sites (N-methyl/N-ethyl adjacent to an activating group) is 1. The van der Waals surface area contributed by atoms with Crippen molar-refractivity contribution in [2.45, 2.75) is 12.6 Å². The molecule has 4 rings (SSSR count). The van der Waals surface area contributed by atoms with Gasteiger partial charge in [-0.15, -0.1) is 5.10 Å². The van der Waals surface area contributed by atoms with Crippen LogP contribution in [0.3, 0.4) is 0 Å². The maximum atomic E-state index is 12.3. The number of phenolic OH excluding ortho intramolecular Hbond substituents is 1. The number of benzene rings is 2. The van der Waals surface area contributed by atoms with Crippen molar-refractivity contribution in [1.29, 1.82) is 0 Å². The Morgan fingerprint density at radius 3 is 2.74 bits per heavy atom. The molecule has 0 spiro atoms. The predicted octanol–water partition coefficient (Wildman–Crippen LogP) is 1.22. The third-order valence-corrected chi connectivity index (χ3v) is 4.53. The number of phenols is 1. The van der Waals surface area contributed by atoms with E-state index in [9.17, 15) is 19.8 Å². The molecule has 2 N–H and O–H groups in total. The van der Waals surface area contributed by atoms with Crippen LogP contribution in [0.25, 0.3) is 11.3 Å². The Hall–Kier alpha value is -3.52. The summed E-state index contributed by atoms with van der Waals surface area (Å²) in [5.74, 6) is -1.09. The van der Waals surface area contributed by atoms with Crippen LogP contribution in [-0.2, 0) is 11.3 Å². The lowest BCUT2D eigenvalue weighted by Gasteiger charge is -2.28. The molecule has 8 nitrogen and oxygen atoms in total. The number of aromatic hydroxyl groups is 1. The fourth-order valence-electron chi connectivity index (χ4n) is 3.10. The van der Waals surface area contributed by atoms with E-state index in [1.807, 2.05) is 6.07 Å². The van der Waals surface area contributed by atoms with Gasteiger partial charge in [0.05, 0.1) is 18.4 Å². The van der Waals surface area contributed by atoms with Gasteiger partial charge in [-0.2, -0.15) is 0 Å². The maximum Gasteiger partial charge on any atom is 0.263 e. The summed E-state index contributed by atoms with van der Waals surface area (Å²) in [6.07, 6.45) is 0.0453. The van der Waals surface area contributed by atoms with E-state index in [1.54, 1.807) is 47.3 Å². The first-order valence-electron chi connectivity index (χ1n) is 8.26. The normalized spacial score (nSPS) is 16.5. The molecule has 0 saturated heterocycles. The lowest BCUT2D eigenvalue weighted by molar-refractivity contribution is -0.124. The number of hydrogen-bond donors (Lipinski definition) is 2. The van der Waals surface area contributed by atoms with Crippen molar-refractivity contribution in [2.24, 2.45) is 0 Å². The van der Waals surface area contributed by atoms with Crippen molar-refractivity contribution in [3.8, 4) is 17.0 Å². The van der Waals surface area contributed by atoms with Crippen LogP contribution in [0.5, 0.6) is 5.75 Å². The van der Waals surface area contributed by atoms with Gasteiger partial charge in [0.1, 0.15) is 11.4 Å². The second-order valence-corrected chi connectivity index (χ2v) is 6.37. The largest absolute Gasteiger partial charge is 0.508 e. The molecule has 0 fully saturated rings. The number of ketones is 1. The van der Waals surface area contributed by atoms with Gasteiger partial charge in [0.2, 0.25) is 5.78 Å².